The molecule has 2 aromatic rings. The smallest absolute Gasteiger partial charge is 0.302 e. The number of carbonyl (C=O) groups is 1. The predicted molar refractivity (Wildman–Crippen MR) is 112 cm³/mol. The summed E-state index contributed by atoms with van der Waals surface area (Å²) in [6.07, 6.45) is 1.04. The van der Waals surface area contributed by atoms with Gasteiger partial charge in [-0.2, -0.15) is 0 Å². The first-order valence-corrected chi connectivity index (χ1v) is 11.9. The summed E-state index contributed by atoms with van der Waals surface area (Å²) >= 11 is 0. The van der Waals surface area contributed by atoms with E-state index in [1.807, 2.05) is 0 Å². The van der Waals surface area contributed by atoms with Gasteiger partial charge in [0.25, 0.3) is 8.32 Å². The average Bonchev–Trinajstić information content (AvgIpc) is 2.97. The van der Waals surface area contributed by atoms with Crippen molar-refractivity contribution in [2.45, 2.75) is 45.8 Å². The molecule has 4 heteroatoms. The summed E-state index contributed by atoms with van der Waals surface area (Å²) in [6.45, 7) is 8.72. The van der Waals surface area contributed by atoms with Crippen LogP contribution in [0, 0.1) is 11.8 Å². The summed E-state index contributed by atoms with van der Waals surface area (Å²) in [5.74, 6) is 0.638. The fourth-order valence-corrected chi connectivity index (χ4v) is 10.0. The molecule has 3 rings (SSSR count). The predicted octanol–water partition coefficient (Wildman–Crippen LogP) is 3.76. The van der Waals surface area contributed by atoms with Gasteiger partial charge in [0.05, 0.1) is 12.7 Å². The van der Waals surface area contributed by atoms with Gasteiger partial charge in [-0.3, -0.25) is 4.79 Å². The van der Waals surface area contributed by atoms with E-state index in [4.69, 9.17) is 9.16 Å². The molecule has 0 spiro atoms. The maximum absolute atomic E-state index is 11.3. The second-order valence-corrected chi connectivity index (χ2v) is 11.5. The molecule has 0 amide bonds. The Morgan fingerprint density at radius 2 is 1.56 bits per heavy atom. The van der Waals surface area contributed by atoms with Crippen molar-refractivity contribution in [3.05, 3.63) is 60.7 Å². The van der Waals surface area contributed by atoms with Crippen molar-refractivity contribution in [2.24, 2.45) is 11.8 Å². The van der Waals surface area contributed by atoms with Gasteiger partial charge in [0.15, 0.2) is 0 Å². The van der Waals surface area contributed by atoms with E-state index in [-0.39, 0.29) is 12.1 Å². The van der Waals surface area contributed by atoms with Crippen LogP contribution in [-0.2, 0) is 14.0 Å². The minimum atomic E-state index is -2.47. The highest BCUT2D eigenvalue weighted by atomic mass is 28.4. The molecule has 1 aliphatic heterocycles. The third-order valence-electron chi connectivity index (χ3n) is 5.79. The van der Waals surface area contributed by atoms with Gasteiger partial charge in [-0.05, 0) is 34.2 Å². The van der Waals surface area contributed by atoms with Gasteiger partial charge in [0, 0.05) is 6.92 Å². The Balaban J connectivity index is 2.10. The molecule has 0 aliphatic carbocycles. The van der Waals surface area contributed by atoms with Crippen molar-refractivity contribution in [1.82, 2.24) is 0 Å². The third kappa shape index (κ3) is 3.87. The first-order valence-electron chi connectivity index (χ1n) is 9.89. The highest BCUT2D eigenvalue weighted by molar-refractivity contribution is 6.99. The van der Waals surface area contributed by atoms with Gasteiger partial charge in [-0.1, -0.05) is 81.4 Å². The number of ether oxygens (including phenoxy) is 1. The van der Waals surface area contributed by atoms with Crippen molar-refractivity contribution in [3.63, 3.8) is 0 Å². The topological polar surface area (TPSA) is 35.5 Å². The fraction of sp³-hybridized carbons (Fsp3) is 0.435. The number of hydrogen-bond donors (Lipinski definition) is 0. The van der Waals surface area contributed by atoms with Crippen LogP contribution < -0.4 is 10.4 Å². The van der Waals surface area contributed by atoms with Gasteiger partial charge in [0.1, 0.15) is 0 Å². The number of hydrogen-bond acceptors (Lipinski definition) is 3. The maximum atomic E-state index is 11.3. The second-order valence-electron chi connectivity index (χ2n) is 7.89. The molecule has 3 atom stereocenters. The molecule has 1 fully saturated rings. The van der Waals surface area contributed by atoms with E-state index in [0.717, 1.165) is 6.42 Å². The van der Waals surface area contributed by atoms with Crippen LogP contribution in [0.4, 0.5) is 0 Å². The molecule has 3 nitrogen and oxygen atoms in total. The summed E-state index contributed by atoms with van der Waals surface area (Å²) in [6, 6.07) is 21.4. The molecule has 0 N–H and O–H groups in total. The van der Waals surface area contributed by atoms with E-state index in [1.54, 1.807) is 0 Å². The van der Waals surface area contributed by atoms with Crippen LogP contribution in [0.2, 0.25) is 5.54 Å². The zero-order chi connectivity index (χ0) is 19.4. The molecule has 1 saturated heterocycles. The van der Waals surface area contributed by atoms with E-state index in [1.165, 1.54) is 17.3 Å². The Hall–Kier alpha value is -1.91. The first kappa shape index (κ1) is 19.8. The molecule has 0 aromatic heterocycles. The van der Waals surface area contributed by atoms with E-state index < -0.39 is 8.32 Å². The van der Waals surface area contributed by atoms with Crippen molar-refractivity contribution in [1.29, 1.82) is 0 Å². The van der Waals surface area contributed by atoms with Gasteiger partial charge in [-0.15, -0.1) is 0 Å². The SMILES string of the molecule is CC(=O)OCC[C@H]1[C@H](C)[C@@H](C(C)C)O[Si]1(c1ccccc1)c1ccccc1. The summed E-state index contributed by atoms with van der Waals surface area (Å²) in [4.78, 5) is 11.3. The largest absolute Gasteiger partial charge is 0.466 e. The Morgan fingerprint density at radius 1 is 1.04 bits per heavy atom. The molecule has 0 unspecified atom stereocenters. The minimum absolute atomic E-state index is 0.208. The van der Waals surface area contributed by atoms with Crippen LogP contribution in [0.15, 0.2) is 60.7 Å². The third-order valence-corrected chi connectivity index (χ3v) is 10.7. The number of benzene rings is 2. The lowest BCUT2D eigenvalue weighted by molar-refractivity contribution is -0.141. The van der Waals surface area contributed by atoms with Crippen molar-refractivity contribution in [3.8, 4) is 0 Å². The van der Waals surface area contributed by atoms with Gasteiger partial charge in [-0.25, -0.2) is 0 Å². The molecule has 144 valence electrons. The quantitative estimate of drug-likeness (QED) is 0.564. The Kier molecular flexibility index (Phi) is 6.17. The van der Waals surface area contributed by atoms with Crippen molar-refractivity contribution >= 4 is 24.7 Å². The number of rotatable bonds is 6. The Labute approximate surface area is 163 Å². The van der Waals surface area contributed by atoms with Crippen LogP contribution in [-0.4, -0.2) is 27.0 Å². The molecule has 27 heavy (non-hydrogen) atoms. The fourth-order valence-electron chi connectivity index (χ4n) is 4.65. The molecule has 1 heterocycles. The monoisotopic (exact) mass is 382 g/mol. The number of esters is 1. The summed E-state index contributed by atoms with van der Waals surface area (Å²) < 4.78 is 12.4. The van der Waals surface area contributed by atoms with Crippen molar-refractivity contribution in [2.75, 3.05) is 6.61 Å². The summed E-state index contributed by atoms with van der Waals surface area (Å²) in [5, 5.41) is 2.61. The maximum Gasteiger partial charge on any atom is 0.302 e. The second kappa shape index (κ2) is 8.40. The van der Waals surface area contributed by atoms with Crippen LogP contribution in [0.5, 0.6) is 0 Å². The van der Waals surface area contributed by atoms with E-state index in [9.17, 15) is 4.79 Å². The summed E-state index contributed by atoms with van der Waals surface area (Å²) in [7, 11) is -2.47. The van der Waals surface area contributed by atoms with E-state index in [2.05, 4.69) is 81.4 Å². The lowest BCUT2D eigenvalue weighted by atomic mass is 9.91. The molecule has 0 bridgehead atoms. The zero-order valence-corrected chi connectivity index (χ0v) is 17.7. The molecular weight excluding hydrogens is 352 g/mol. The van der Waals surface area contributed by atoms with Crippen LogP contribution in [0.25, 0.3) is 0 Å². The molecular formula is C23H30O3Si. The first-order chi connectivity index (χ1) is 13.0. The van der Waals surface area contributed by atoms with Gasteiger partial charge >= 0.3 is 5.97 Å². The molecule has 1 aliphatic rings. The highest BCUT2D eigenvalue weighted by Gasteiger charge is 2.57. The van der Waals surface area contributed by atoms with Crippen LogP contribution in [0.3, 0.4) is 0 Å². The zero-order valence-electron chi connectivity index (χ0n) is 16.7. The van der Waals surface area contributed by atoms with Gasteiger partial charge < -0.3 is 9.16 Å². The average molecular weight is 383 g/mol. The standard InChI is InChI=1S/C23H30O3Si/c1-17(2)23-18(3)22(15-16-25-19(4)24)27(26-23,20-11-7-5-8-12-20)21-13-9-6-10-14-21/h5-14,17-18,22-23H,15-16H2,1-4H3/t18-,22-,23+/m0/s1. The van der Waals surface area contributed by atoms with E-state index in [0.29, 0.717) is 24.0 Å². The molecule has 0 radical (unpaired) electrons. The highest BCUT2D eigenvalue weighted by Crippen LogP contribution is 2.46. The van der Waals surface area contributed by atoms with E-state index >= 15 is 0 Å². The molecule has 2 aromatic carbocycles. The van der Waals surface area contributed by atoms with Gasteiger partial charge in [0.2, 0.25) is 0 Å². The summed E-state index contributed by atoms with van der Waals surface area (Å²) in [5.41, 5.74) is 0.356. The lowest BCUT2D eigenvalue weighted by Gasteiger charge is -2.34. The Bertz CT molecular complexity index is 705. The Morgan fingerprint density at radius 3 is 2.00 bits per heavy atom. The normalized spacial score (nSPS) is 24.1. The number of carbonyl (C=O) groups excluding carboxylic acids is 1. The van der Waals surface area contributed by atoms with Crippen LogP contribution >= 0.6 is 0 Å². The minimum Gasteiger partial charge on any atom is -0.466 e. The lowest BCUT2D eigenvalue weighted by Crippen LogP contribution is -2.62. The van der Waals surface area contributed by atoms with Crippen LogP contribution in [0.1, 0.15) is 34.1 Å². The molecule has 0 saturated carbocycles. The van der Waals surface area contributed by atoms with Crippen molar-refractivity contribution < 1.29 is 14.0 Å².